The average Bonchev–Trinajstić information content (AvgIpc) is 2.29. The molecule has 0 saturated heterocycles. The average molecular weight is 286 g/mol. The highest BCUT2D eigenvalue weighted by Crippen LogP contribution is 2.24. The fourth-order valence-corrected chi connectivity index (χ4v) is 1.90. The maximum atomic E-state index is 5.79. The lowest BCUT2D eigenvalue weighted by Crippen LogP contribution is -1.98. The van der Waals surface area contributed by atoms with Crippen molar-refractivity contribution >= 4 is 21.6 Å². The number of halogens is 1. The smallest absolute Gasteiger partial charge is 0.0728 e. The van der Waals surface area contributed by atoms with Gasteiger partial charge in [-0.15, -0.1) is 0 Å². The molecule has 1 rings (SSSR count). The molecule has 0 atom stereocenters. The molecule has 0 fully saturated rings. The van der Waals surface area contributed by atoms with Crippen LogP contribution in [0.15, 0.2) is 22.7 Å². The minimum absolute atomic E-state index is 0.637. The Morgan fingerprint density at radius 3 is 2.81 bits per heavy atom. The lowest BCUT2D eigenvalue weighted by atomic mass is 10.2. The third kappa shape index (κ3) is 4.54. The minimum Gasteiger partial charge on any atom is -0.398 e. The van der Waals surface area contributed by atoms with Gasteiger partial charge in [-0.3, -0.25) is 0 Å². The number of hydrogen-bond acceptors (Lipinski definition) is 2. The van der Waals surface area contributed by atoms with Crippen LogP contribution in [-0.4, -0.2) is 6.61 Å². The van der Waals surface area contributed by atoms with Gasteiger partial charge >= 0.3 is 0 Å². The van der Waals surface area contributed by atoms with Gasteiger partial charge in [0.05, 0.1) is 6.61 Å². The van der Waals surface area contributed by atoms with Crippen molar-refractivity contribution in [2.45, 2.75) is 39.2 Å². The molecule has 0 spiro atoms. The van der Waals surface area contributed by atoms with Gasteiger partial charge in [-0.05, 0) is 34.0 Å². The third-order valence-corrected chi connectivity index (χ3v) is 3.48. The number of nitrogens with two attached hydrogens (primary N) is 1. The predicted octanol–water partition coefficient (Wildman–Crippen LogP) is 4.13. The fourth-order valence-electron chi connectivity index (χ4n) is 1.52. The van der Waals surface area contributed by atoms with Gasteiger partial charge < -0.3 is 10.5 Å². The SMILES string of the molecule is CCCCCCOCc1cccc(N)c1Br. The third-order valence-electron chi connectivity index (χ3n) is 2.51. The van der Waals surface area contributed by atoms with Crippen molar-refractivity contribution in [3.63, 3.8) is 0 Å². The maximum absolute atomic E-state index is 5.79. The Kier molecular flexibility index (Phi) is 6.50. The number of nitrogen functional groups attached to an aromatic ring is 1. The second-order valence-electron chi connectivity index (χ2n) is 3.93. The second kappa shape index (κ2) is 7.69. The first-order valence-corrected chi connectivity index (χ1v) is 6.65. The van der Waals surface area contributed by atoms with E-state index in [9.17, 15) is 0 Å². The van der Waals surface area contributed by atoms with Crippen LogP contribution in [0.1, 0.15) is 38.2 Å². The Labute approximate surface area is 106 Å². The standard InChI is InChI=1S/C13H20BrNO/c1-2-3-4-5-9-16-10-11-7-6-8-12(15)13(11)14/h6-8H,2-5,9-10,15H2,1H3. The quantitative estimate of drug-likeness (QED) is 0.604. The van der Waals surface area contributed by atoms with E-state index >= 15 is 0 Å². The molecule has 2 nitrogen and oxygen atoms in total. The maximum Gasteiger partial charge on any atom is 0.0728 e. The minimum atomic E-state index is 0.637. The molecule has 0 amide bonds. The molecular formula is C13H20BrNO. The molecule has 0 aromatic heterocycles. The zero-order valence-corrected chi connectivity index (χ0v) is 11.4. The van der Waals surface area contributed by atoms with Crippen molar-refractivity contribution in [2.24, 2.45) is 0 Å². The van der Waals surface area contributed by atoms with Crippen molar-refractivity contribution in [1.29, 1.82) is 0 Å². The first kappa shape index (κ1) is 13.5. The van der Waals surface area contributed by atoms with Gasteiger partial charge in [0.2, 0.25) is 0 Å². The summed E-state index contributed by atoms with van der Waals surface area (Å²) in [6, 6.07) is 5.87. The van der Waals surface area contributed by atoms with Crippen LogP contribution < -0.4 is 5.73 Å². The molecule has 0 heterocycles. The highest BCUT2D eigenvalue weighted by molar-refractivity contribution is 9.10. The van der Waals surface area contributed by atoms with Crippen molar-refractivity contribution in [1.82, 2.24) is 0 Å². The Morgan fingerprint density at radius 2 is 2.06 bits per heavy atom. The van der Waals surface area contributed by atoms with E-state index in [0.717, 1.165) is 28.8 Å². The molecule has 1 aromatic rings. The van der Waals surface area contributed by atoms with Crippen LogP contribution in [0, 0.1) is 0 Å². The van der Waals surface area contributed by atoms with E-state index in [2.05, 4.69) is 22.9 Å². The number of rotatable bonds is 7. The van der Waals surface area contributed by atoms with E-state index in [4.69, 9.17) is 10.5 Å². The van der Waals surface area contributed by atoms with Crippen LogP contribution in [0.3, 0.4) is 0 Å². The Morgan fingerprint density at radius 1 is 1.25 bits per heavy atom. The summed E-state index contributed by atoms with van der Waals surface area (Å²) in [6.07, 6.45) is 4.97. The zero-order chi connectivity index (χ0) is 11.8. The van der Waals surface area contributed by atoms with Crippen LogP contribution in [0.2, 0.25) is 0 Å². The molecule has 0 aliphatic rings. The first-order chi connectivity index (χ1) is 7.75. The Hall–Kier alpha value is -0.540. The van der Waals surface area contributed by atoms with E-state index in [0.29, 0.717) is 6.61 Å². The number of hydrogen-bond donors (Lipinski definition) is 1. The molecule has 0 aliphatic heterocycles. The summed E-state index contributed by atoms with van der Waals surface area (Å²) in [5.74, 6) is 0. The summed E-state index contributed by atoms with van der Waals surface area (Å²) in [7, 11) is 0. The summed E-state index contributed by atoms with van der Waals surface area (Å²) in [5.41, 5.74) is 7.68. The Bertz CT molecular complexity index is 315. The highest BCUT2D eigenvalue weighted by atomic mass is 79.9. The highest BCUT2D eigenvalue weighted by Gasteiger charge is 2.02. The number of benzene rings is 1. The normalized spacial score (nSPS) is 10.6. The Balaban J connectivity index is 2.24. The van der Waals surface area contributed by atoms with Crippen molar-refractivity contribution in [3.05, 3.63) is 28.2 Å². The van der Waals surface area contributed by atoms with Gasteiger partial charge in [0, 0.05) is 16.8 Å². The number of unbranched alkanes of at least 4 members (excludes halogenated alkanes) is 3. The zero-order valence-electron chi connectivity index (χ0n) is 9.84. The molecule has 0 bridgehead atoms. The molecule has 1 aromatic carbocycles. The second-order valence-corrected chi connectivity index (χ2v) is 4.73. The molecule has 0 radical (unpaired) electrons. The van der Waals surface area contributed by atoms with Crippen molar-refractivity contribution in [2.75, 3.05) is 12.3 Å². The van der Waals surface area contributed by atoms with E-state index < -0.39 is 0 Å². The van der Waals surface area contributed by atoms with Crippen LogP contribution in [0.25, 0.3) is 0 Å². The van der Waals surface area contributed by atoms with Gasteiger partial charge in [0.15, 0.2) is 0 Å². The molecule has 0 unspecified atom stereocenters. The van der Waals surface area contributed by atoms with Gasteiger partial charge in [-0.25, -0.2) is 0 Å². The van der Waals surface area contributed by atoms with Crippen LogP contribution in [0.5, 0.6) is 0 Å². The molecule has 3 heteroatoms. The van der Waals surface area contributed by atoms with E-state index in [1.807, 2.05) is 18.2 Å². The van der Waals surface area contributed by atoms with Gasteiger partial charge in [0.1, 0.15) is 0 Å². The van der Waals surface area contributed by atoms with Crippen molar-refractivity contribution < 1.29 is 4.74 Å². The van der Waals surface area contributed by atoms with Crippen LogP contribution >= 0.6 is 15.9 Å². The molecule has 2 N–H and O–H groups in total. The largest absolute Gasteiger partial charge is 0.398 e. The summed E-state index contributed by atoms with van der Waals surface area (Å²) in [4.78, 5) is 0. The lowest BCUT2D eigenvalue weighted by Gasteiger charge is -2.07. The lowest BCUT2D eigenvalue weighted by molar-refractivity contribution is 0.116. The first-order valence-electron chi connectivity index (χ1n) is 5.86. The van der Waals surface area contributed by atoms with E-state index in [1.165, 1.54) is 19.3 Å². The summed E-state index contributed by atoms with van der Waals surface area (Å²) >= 11 is 3.47. The summed E-state index contributed by atoms with van der Waals surface area (Å²) < 4.78 is 6.58. The van der Waals surface area contributed by atoms with Gasteiger partial charge in [-0.1, -0.05) is 38.3 Å². The fraction of sp³-hybridized carbons (Fsp3) is 0.538. The van der Waals surface area contributed by atoms with Crippen LogP contribution in [0.4, 0.5) is 5.69 Å². The van der Waals surface area contributed by atoms with Crippen LogP contribution in [-0.2, 0) is 11.3 Å². The topological polar surface area (TPSA) is 35.2 Å². The molecule has 0 aliphatic carbocycles. The summed E-state index contributed by atoms with van der Waals surface area (Å²) in [6.45, 7) is 3.68. The van der Waals surface area contributed by atoms with Gasteiger partial charge in [0.25, 0.3) is 0 Å². The van der Waals surface area contributed by atoms with Crippen molar-refractivity contribution in [3.8, 4) is 0 Å². The molecule has 0 saturated carbocycles. The molecule has 16 heavy (non-hydrogen) atoms. The van der Waals surface area contributed by atoms with Gasteiger partial charge in [-0.2, -0.15) is 0 Å². The number of anilines is 1. The monoisotopic (exact) mass is 285 g/mol. The predicted molar refractivity (Wildman–Crippen MR) is 72.4 cm³/mol. The summed E-state index contributed by atoms with van der Waals surface area (Å²) in [5, 5.41) is 0. The number of ether oxygens (including phenoxy) is 1. The van der Waals surface area contributed by atoms with E-state index in [1.54, 1.807) is 0 Å². The van der Waals surface area contributed by atoms with E-state index in [-0.39, 0.29) is 0 Å². The molecular weight excluding hydrogens is 266 g/mol. The molecule has 90 valence electrons.